The van der Waals surface area contributed by atoms with Gasteiger partial charge in [-0.25, -0.2) is 0 Å². The Labute approximate surface area is 132 Å². The number of amides is 1. The first-order valence-electron chi connectivity index (χ1n) is 5.79. The molecule has 0 saturated heterocycles. The van der Waals surface area contributed by atoms with Crippen molar-refractivity contribution in [1.82, 2.24) is 5.32 Å². The molecule has 0 aliphatic rings. The van der Waals surface area contributed by atoms with Crippen LogP contribution in [0.2, 0.25) is 0 Å². The summed E-state index contributed by atoms with van der Waals surface area (Å²) in [7, 11) is 0. The van der Waals surface area contributed by atoms with Crippen LogP contribution in [0.1, 0.15) is 15.2 Å². The Morgan fingerprint density at radius 1 is 1.38 bits per heavy atom. The van der Waals surface area contributed by atoms with Crippen LogP contribution in [-0.4, -0.2) is 10.8 Å². The summed E-state index contributed by atoms with van der Waals surface area (Å²) in [4.78, 5) is 23.4. The van der Waals surface area contributed by atoms with Gasteiger partial charge in [0.2, 0.25) is 0 Å². The number of hydrogen-bond donors (Lipinski definition) is 3. The monoisotopic (exact) mass is 370 g/mol. The Morgan fingerprint density at radius 3 is 2.71 bits per heavy atom. The molecule has 0 bridgehead atoms. The van der Waals surface area contributed by atoms with E-state index in [0.29, 0.717) is 6.54 Å². The molecule has 0 radical (unpaired) electrons. The molecule has 0 aliphatic carbocycles. The predicted molar refractivity (Wildman–Crippen MR) is 84.1 cm³/mol. The van der Waals surface area contributed by atoms with Crippen molar-refractivity contribution in [2.75, 3.05) is 5.43 Å². The maximum Gasteiger partial charge on any atom is 0.294 e. The molecule has 9 heteroatoms. The minimum absolute atomic E-state index is 0.00707. The number of nitrogens with two attached hydrogens (primary N) is 1. The summed E-state index contributed by atoms with van der Waals surface area (Å²) in [6, 6.07) is 7.96. The minimum atomic E-state index is -0.595. The number of para-hydroxylation sites is 1. The normalized spacial score (nSPS) is 10.2. The molecular formula is C12H11BrN4O3S. The van der Waals surface area contributed by atoms with Gasteiger partial charge in [0.15, 0.2) is 0 Å². The van der Waals surface area contributed by atoms with E-state index in [0.717, 1.165) is 8.66 Å². The van der Waals surface area contributed by atoms with Gasteiger partial charge in [0.1, 0.15) is 5.69 Å². The Hall–Kier alpha value is -1.97. The highest BCUT2D eigenvalue weighted by Crippen LogP contribution is 2.27. The van der Waals surface area contributed by atoms with Gasteiger partial charge in [-0.15, -0.1) is 11.3 Å². The molecule has 0 spiro atoms. The second-order valence-electron chi connectivity index (χ2n) is 3.99. The lowest BCUT2D eigenvalue weighted by atomic mass is 10.1. The van der Waals surface area contributed by atoms with E-state index < -0.39 is 10.8 Å². The highest BCUT2D eigenvalue weighted by molar-refractivity contribution is 9.11. The van der Waals surface area contributed by atoms with Gasteiger partial charge < -0.3 is 10.7 Å². The Morgan fingerprint density at radius 2 is 2.14 bits per heavy atom. The van der Waals surface area contributed by atoms with Crippen LogP contribution in [-0.2, 0) is 6.54 Å². The zero-order valence-corrected chi connectivity index (χ0v) is 13.0. The van der Waals surface area contributed by atoms with Gasteiger partial charge in [-0.1, -0.05) is 6.07 Å². The molecule has 2 rings (SSSR count). The van der Waals surface area contributed by atoms with Gasteiger partial charge in [-0.3, -0.25) is 20.8 Å². The van der Waals surface area contributed by atoms with Gasteiger partial charge in [0.05, 0.1) is 20.8 Å². The van der Waals surface area contributed by atoms with Crippen LogP contribution in [0.25, 0.3) is 0 Å². The first kappa shape index (κ1) is 15.4. The number of carbonyl (C=O) groups is 1. The maximum absolute atomic E-state index is 12.1. The van der Waals surface area contributed by atoms with Crippen LogP contribution in [0.5, 0.6) is 0 Å². The number of nitro groups is 1. The standard InChI is InChI=1S/C12H11BrN4O3S/c13-10-5-4-7(21-10)6-15-12(18)8-2-1-3-9(17(19)20)11(8)16-14/h1-5,16H,6,14H2,(H,15,18). The molecule has 1 amide bonds. The quantitative estimate of drug-likeness (QED) is 0.425. The largest absolute Gasteiger partial charge is 0.347 e. The summed E-state index contributed by atoms with van der Waals surface area (Å²) in [6.07, 6.45) is 0. The van der Waals surface area contributed by atoms with Crippen LogP contribution in [0.4, 0.5) is 11.4 Å². The van der Waals surface area contributed by atoms with Crippen LogP contribution >= 0.6 is 27.3 Å². The summed E-state index contributed by atoms with van der Waals surface area (Å²) in [5.41, 5.74) is 2.10. The maximum atomic E-state index is 12.1. The number of nitro benzene ring substituents is 1. The average molecular weight is 371 g/mol. The van der Waals surface area contributed by atoms with Crippen LogP contribution in [0.15, 0.2) is 34.1 Å². The third kappa shape index (κ3) is 3.57. The smallest absolute Gasteiger partial charge is 0.294 e. The topological polar surface area (TPSA) is 110 Å². The molecule has 110 valence electrons. The number of thiophene rings is 1. The van der Waals surface area contributed by atoms with E-state index in [4.69, 9.17) is 5.84 Å². The lowest BCUT2D eigenvalue weighted by Crippen LogP contribution is -2.24. The number of hydrogen-bond acceptors (Lipinski definition) is 6. The highest BCUT2D eigenvalue weighted by atomic mass is 79.9. The number of rotatable bonds is 5. The fraction of sp³-hybridized carbons (Fsp3) is 0.0833. The Kier molecular flexibility index (Phi) is 4.89. The zero-order chi connectivity index (χ0) is 15.4. The summed E-state index contributed by atoms with van der Waals surface area (Å²) >= 11 is 4.83. The number of benzene rings is 1. The predicted octanol–water partition coefficient (Wildman–Crippen LogP) is 2.63. The fourth-order valence-electron chi connectivity index (χ4n) is 1.74. The lowest BCUT2D eigenvalue weighted by molar-refractivity contribution is -0.384. The second kappa shape index (κ2) is 6.66. The molecule has 4 N–H and O–H groups in total. The second-order valence-corrected chi connectivity index (χ2v) is 6.54. The molecule has 0 aliphatic heterocycles. The molecule has 7 nitrogen and oxygen atoms in total. The van der Waals surface area contributed by atoms with E-state index in [2.05, 4.69) is 26.7 Å². The molecule has 21 heavy (non-hydrogen) atoms. The van der Waals surface area contributed by atoms with Gasteiger partial charge in [-0.2, -0.15) is 0 Å². The van der Waals surface area contributed by atoms with Crippen molar-refractivity contribution in [3.05, 3.63) is 54.7 Å². The molecule has 2 aromatic rings. The van der Waals surface area contributed by atoms with E-state index in [-0.39, 0.29) is 16.9 Å². The third-order valence-corrected chi connectivity index (χ3v) is 4.30. The van der Waals surface area contributed by atoms with Crippen molar-refractivity contribution in [2.45, 2.75) is 6.54 Å². The highest BCUT2D eigenvalue weighted by Gasteiger charge is 2.20. The minimum Gasteiger partial charge on any atom is -0.347 e. The molecule has 0 atom stereocenters. The van der Waals surface area contributed by atoms with E-state index in [9.17, 15) is 14.9 Å². The molecule has 0 fully saturated rings. The van der Waals surface area contributed by atoms with Crippen LogP contribution in [0.3, 0.4) is 0 Å². The average Bonchev–Trinajstić information content (AvgIpc) is 2.89. The lowest BCUT2D eigenvalue weighted by Gasteiger charge is -2.09. The third-order valence-electron chi connectivity index (χ3n) is 2.68. The van der Waals surface area contributed by atoms with Gasteiger partial charge in [0.25, 0.3) is 11.6 Å². The summed E-state index contributed by atoms with van der Waals surface area (Å²) in [5.74, 6) is 4.86. The molecule has 0 saturated carbocycles. The van der Waals surface area contributed by atoms with Crippen molar-refractivity contribution in [3.8, 4) is 0 Å². The number of nitrogen functional groups attached to an aromatic ring is 1. The molecule has 1 heterocycles. The molecule has 0 unspecified atom stereocenters. The molecular weight excluding hydrogens is 360 g/mol. The van der Waals surface area contributed by atoms with Crippen LogP contribution in [0, 0.1) is 10.1 Å². The zero-order valence-electron chi connectivity index (χ0n) is 10.6. The van der Waals surface area contributed by atoms with Crippen molar-refractivity contribution in [2.24, 2.45) is 5.84 Å². The summed E-state index contributed by atoms with van der Waals surface area (Å²) in [5, 5.41) is 13.6. The first-order chi connectivity index (χ1) is 10.0. The fourth-order valence-corrected chi connectivity index (χ4v) is 3.17. The van der Waals surface area contributed by atoms with Crippen LogP contribution < -0.4 is 16.6 Å². The number of halogens is 1. The van der Waals surface area contributed by atoms with Crippen molar-refractivity contribution in [1.29, 1.82) is 0 Å². The van der Waals surface area contributed by atoms with Crippen molar-refractivity contribution >= 4 is 44.5 Å². The number of nitrogens with zero attached hydrogens (tertiary/aromatic N) is 1. The SMILES string of the molecule is NNc1c(C(=O)NCc2ccc(Br)s2)cccc1[N+](=O)[O-]. The summed E-state index contributed by atoms with van der Waals surface area (Å²) in [6.45, 7) is 0.335. The van der Waals surface area contributed by atoms with E-state index in [1.165, 1.54) is 29.5 Å². The first-order valence-corrected chi connectivity index (χ1v) is 7.40. The van der Waals surface area contributed by atoms with E-state index >= 15 is 0 Å². The summed E-state index contributed by atoms with van der Waals surface area (Å²) < 4.78 is 0.964. The number of carbonyl (C=O) groups excluding carboxylic acids is 1. The Balaban J connectivity index is 2.19. The molecule has 1 aromatic heterocycles. The van der Waals surface area contributed by atoms with Crippen molar-refractivity contribution in [3.63, 3.8) is 0 Å². The van der Waals surface area contributed by atoms with Gasteiger partial charge in [-0.05, 0) is 34.1 Å². The number of anilines is 1. The Bertz CT molecular complexity index is 689. The van der Waals surface area contributed by atoms with E-state index in [1.807, 2.05) is 12.1 Å². The van der Waals surface area contributed by atoms with E-state index in [1.54, 1.807) is 0 Å². The van der Waals surface area contributed by atoms with Gasteiger partial charge >= 0.3 is 0 Å². The number of nitrogens with one attached hydrogen (secondary N) is 2. The van der Waals surface area contributed by atoms with Crippen molar-refractivity contribution < 1.29 is 9.72 Å². The molecule has 1 aromatic carbocycles. The number of hydrazine groups is 1. The van der Waals surface area contributed by atoms with Gasteiger partial charge in [0, 0.05) is 10.9 Å².